The average Bonchev–Trinajstić information content (AvgIpc) is 2.53. The minimum absolute atomic E-state index is 0.0413. The number of rotatable bonds is 4. The fourth-order valence-corrected chi connectivity index (χ4v) is 3.04. The summed E-state index contributed by atoms with van der Waals surface area (Å²) >= 11 is 0. The van der Waals surface area contributed by atoms with Crippen LogP contribution in [0.15, 0.2) is 23.8 Å². The van der Waals surface area contributed by atoms with Crippen molar-refractivity contribution in [1.29, 1.82) is 0 Å². The summed E-state index contributed by atoms with van der Waals surface area (Å²) in [5.74, 6) is 0.167. The first kappa shape index (κ1) is 16.5. The van der Waals surface area contributed by atoms with E-state index in [1.165, 1.54) is 0 Å². The standard InChI is InChI=1S/C16H27NO3Si/c1-12(10-20-21(5,6)16(2,3)4)13-7-8-17-14(18)9-15(17)19-11-13/h7,15H,1,8-11H2,2-6H3. The van der Waals surface area contributed by atoms with Crippen molar-refractivity contribution in [3.05, 3.63) is 23.8 Å². The Balaban J connectivity index is 1.92. The van der Waals surface area contributed by atoms with Crippen LogP contribution in [-0.2, 0) is 14.0 Å². The molecule has 21 heavy (non-hydrogen) atoms. The third-order valence-electron chi connectivity index (χ3n) is 4.85. The monoisotopic (exact) mass is 309 g/mol. The lowest BCUT2D eigenvalue weighted by molar-refractivity contribution is -0.169. The van der Waals surface area contributed by atoms with Gasteiger partial charge in [-0.1, -0.05) is 33.4 Å². The minimum Gasteiger partial charge on any atom is -0.413 e. The van der Waals surface area contributed by atoms with E-state index < -0.39 is 8.32 Å². The number of amides is 1. The molecule has 1 atom stereocenters. The third-order valence-corrected chi connectivity index (χ3v) is 9.33. The molecule has 2 heterocycles. The molecule has 0 aromatic heterocycles. The number of β-lactam (4-membered cyclic amide) rings is 1. The average molecular weight is 309 g/mol. The van der Waals surface area contributed by atoms with Crippen molar-refractivity contribution in [2.75, 3.05) is 19.8 Å². The van der Waals surface area contributed by atoms with Crippen molar-refractivity contribution in [2.24, 2.45) is 0 Å². The number of hydrogen-bond donors (Lipinski definition) is 0. The molecule has 0 spiro atoms. The molecule has 1 fully saturated rings. The molecule has 0 aliphatic carbocycles. The molecule has 0 bridgehead atoms. The zero-order valence-corrected chi connectivity index (χ0v) is 14.9. The highest BCUT2D eigenvalue weighted by atomic mass is 28.4. The predicted molar refractivity (Wildman–Crippen MR) is 86.4 cm³/mol. The van der Waals surface area contributed by atoms with Crippen molar-refractivity contribution in [1.82, 2.24) is 4.90 Å². The summed E-state index contributed by atoms with van der Waals surface area (Å²) in [6.07, 6.45) is 2.52. The van der Waals surface area contributed by atoms with Gasteiger partial charge in [0.05, 0.1) is 19.6 Å². The number of hydrogen-bond acceptors (Lipinski definition) is 3. The maximum Gasteiger partial charge on any atom is 0.229 e. The number of ether oxygens (including phenoxy) is 1. The van der Waals surface area contributed by atoms with Gasteiger partial charge in [-0.25, -0.2) is 0 Å². The summed E-state index contributed by atoms with van der Waals surface area (Å²) in [5, 5.41) is 0.193. The second-order valence-electron chi connectivity index (χ2n) is 7.40. The molecule has 2 aliphatic heterocycles. The van der Waals surface area contributed by atoms with Crippen LogP contribution in [0.3, 0.4) is 0 Å². The van der Waals surface area contributed by atoms with E-state index >= 15 is 0 Å². The Bertz CT molecular complexity index is 476. The van der Waals surface area contributed by atoms with E-state index in [9.17, 15) is 4.79 Å². The maximum absolute atomic E-state index is 11.4. The summed E-state index contributed by atoms with van der Waals surface area (Å²) in [7, 11) is -1.76. The highest BCUT2D eigenvalue weighted by molar-refractivity contribution is 6.74. The quantitative estimate of drug-likeness (QED) is 0.592. The lowest BCUT2D eigenvalue weighted by Crippen LogP contribution is -2.53. The van der Waals surface area contributed by atoms with Gasteiger partial charge in [-0.2, -0.15) is 0 Å². The first-order chi connectivity index (χ1) is 9.62. The lowest BCUT2D eigenvalue weighted by atomic mass is 10.1. The summed E-state index contributed by atoms with van der Waals surface area (Å²) in [5.41, 5.74) is 2.03. The van der Waals surface area contributed by atoms with E-state index in [0.717, 1.165) is 11.1 Å². The molecule has 5 heteroatoms. The van der Waals surface area contributed by atoms with E-state index in [4.69, 9.17) is 9.16 Å². The molecule has 1 unspecified atom stereocenters. The zero-order chi connectivity index (χ0) is 15.8. The van der Waals surface area contributed by atoms with Gasteiger partial charge < -0.3 is 14.1 Å². The molecule has 0 aromatic rings. The van der Waals surface area contributed by atoms with Gasteiger partial charge in [-0.15, -0.1) is 0 Å². The summed E-state index contributed by atoms with van der Waals surface area (Å²) in [6, 6.07) is 0. The summed E-state index contributed by atoms with van der Waals surface area (Å²) in [4.78, 5) is 13.2. The fraction of sp³-hybridized carbons (Fsp3) is 0.688. The van der Waals surface area contributed by atoms with E-state index in [1.54, 1.807) is 4.90 Å². The molecule has 0 aromatic carbocycles. The minimum atomic E-state index is -1.76. The Morgan fingerprint density at radius 1 is 1.52 bits per heavy atom. The largest absolute Gasteiger partial charge is 0.413 e. The van der Waals surface area contributed by atoms with E-state index in [-0.39, 0.29) is 17.2 Å². The van der Waals surface area contributed by atoms with Gasteiger partial charge in [-0.05, 0) is 29.3 Å². The van der Waals surface area contributed by atoms with Gasteiger partial charge in [0.1, 0.15) is 6.23 Å². The molecule has 0 saturated carbocycles. The normalized spacial score (nSPS) is 23.1. The first-order valence-corrected chi connectivity index (χ1v) is 10.4. The molecule has 2 aliphatic rings. The van der Waals surface area contributed by atoms with Crippen LogP contribution in [0.4, 0.5) is 0 Å². The van der Waals surface area contributed by atoms with Crippen LogP contribution < -0.4 is 0 Å². The molecule has 0 N–H and O–H groups in total. The third kappa shape index (κ3) is 3.47. The van der Waals surface area contributed by atoms with Crippen LogP contribution in [-0.4, -0.2) is 45.1 Å². The van der Waals surface area contributed by atoms with Crippen LogP contribution >= 0.6 is 0 Å². The molecule has 2 rings (SSSR count). The van der Waals surface area contributed by atoms with Crippen LogP contribution in [0, 0.1) is 0 Å². The zero-order valence-electron chi connectivity index (χ0n) is 13.9. The summed E-state index contributed by atoms with van der Waals surface area (Å²) in [6.45, 7) is 17.0. The van der Waals surface area contributed by atoms with Gasteiger partial charge >= 0.3 is 0 Å². The molecule has 0 radical (unpaired) electrons. The van der Waals surface area contributed by atoms with E-state index in [1.807, 2.05) is 6.08 Å². The van der Waals surface area contributed by atoms with Crippen molar-refractivity contribution < 1.29 is 14.0 Å². The Kier molecular flexibility index (Phi) is 4.47. The molecule has 4 nitrogen and oxygen atoms in total. The second kappa shape index (κ2) is 5.70. The van der Waals surface area contributed by atoms with E-state index in [2.05, 4.69) is 40.4 Å². The molecule has 1 saturated heterocycles. The lowest BCUT2D eigenvalue weighted by Gasteiger charge is -2.37. The SMILES string of the molecule is C=C(CO[Si](C)(C)C(C)(C)C)C1=CCN2C(=O)CC2OC1. The first-order valence-electron chi connectivity index (χ1n) is 7.54. The smallest absolute Gasteiger partial charge is 0.229 e. The number of nitrogens with zero attached hydrogens (tertiary/aromatic N) is 1. The van der Waals surface area contributed by atoms with Crippen molar-refractivity contribution in [2.45, 2.75) is 51.6 Å². The van der Waals surface area contributed by atoms with Crippen LogP contribution in [0.1, 0.15) is 27.2 Å². The van der Waals surface area contributed by atoms with Gasteiger partial charge in [0.25, 0.3) is 0 Å². The molecule has 118 valence electrons. The highest BCUT2D eigenvalue weighted by Gasteiger charge is 2.39. The highest BCUT2D eigenvalue weighted by Crippen LogP contribution is 2.37. The van der Waals surface area contributed by atoms with Crippen molar-refractivity contribution in [3.63, 3.8) is 0 Å². The second-order valence-corrected chi connectivity index (χ2v) is 12.2. The molecular weight excluding hydrogens is 282 g/mol. The van der Waals surface area contributed by atoms with Gasteiger partial charge in [-0.3, -0.25) is 4.79 Å². The maximum atomic E-state index is 11.4. The number of fused-ring (bicyclic) bond motifs is 1. The van der Waals surface area contributed by atoms with E-state index in [0.29, 0.717) is 26.2 Å². The van der Waals surface area contributed by atoms with Gasteiger partial charge in [0.15, 0.2) is 8.32 Å². The van der Waals surface area contributed by atoms with Gasteiger partial charge in [0.2, 0.25) is 5.91 Å². The molecule has 1 amide bonds. The molecular formula is C16H27NO3Si. The van der Waals surface area contributed by atoms with Crippen molar-refractivity contribution >= 4 is 14.2 Å². The van der Waals surface area contributed by atoms with Crippen molar-refractivity contribution in [3.8, 4) is 0 Å². The van der Waals surface area contributed by atoms with Gasteiger partial charge in [0, 0.05) is 6.54 Å². The Labute approximate surface area is 128 Å². The Morgan fingerprint density at radius 2 is 2.19 bits per heavy atom. The predicted octanol–water partition coefficient (Wildman–Crippen LogP) is 3.08. The van der Waals surface area contributed by atoms with Crippen LogP contribution in [0.2, 0.25) is 18.1 Å². The topological polar surface area (TPSA) is 38.8 Å². The number of carbonyl (C=O) groups excluding carboxylic acids is 1. The fourth-order valence-electron chi connectivity index (χ4n) is 2.07. The Hall–Kier alpha value is -0.913. The number of carbonyl (C=O) groups is 1. The summed E-state index contributed by atoms with van der Waals surface area (Å²) < 4.78 is 11.9. The van der Waals surface area contributed by atoms with Crippen LogP contribution in [0.5, 0.6) is 0 Å². The van der Waals surface area contributed by atoms with Crippen LogP contribution in [0.25, 0.3) is 0 Å². The Morgan fingerprint density at radius 3 is 2.76 bits per heavy atom.